The van der Waals surface area contributed by atoms with Gasteiger partial charge >= 0.3 is 0 Å². The van der Waals surface area contributed by atoms with Gasteiger partial charge in [-0.25, -0.2) is 9.67 Å². The Morgan fingerprint density at radius 3 is 2.75 bits per heavy atom. The van der Waals surface area contributed by atoms with Crippen LogP contribution in [0.15, 0.2) is 18.3 Å². The largest absolute Gasteiger partial charge is 0.392 e. The first-order valence-electron chi connectivity index (χ1n) is 4.91. The maximum absolute atomic E-state index is 9.05. The molecular weight excluding hydrogens is 226 g/mol. The zero-order valence-corrected chi connectivity index (χ0v) is 9.86. The van der Waals surface area contributed by atoms with Gasteiger partial charge in [0.05, 0.1) is 23.0 Å². The summed E-state index contributed by atoms with van der Waals surface area (Å²) >= 11 is 6.06. The van der Waals surface area contributed by atoms with Crippen molar-refractivity contribution in [1.82, 2.24) is 14.8 Å². The molecule has 1 N–H and O–H groups in total. The van der Waals surface area contributed by atoms with Crippen molar-refractivity contribution in [1.29, 1.82) is 0 Å². The van der Waals surface area contributed by atoms with E-state index < -0.39 is 0 Å². The average molecular weight is 238 g/mol. The number of aliphatic hydroxyl groups is 1. The Morgan fingerprint density at radius 2 is 2.19 bits per heavy atom. The number of aliphatic hydroxyl groups excluding tert-OH is 1. The normalized spacial score (nSPS) is 10.8. The molecule has 0 fully saturated rings. The Bertz CT molecular complexity index is 522. The molecule has 0 aliphatic heterocycles. The van der Waals surface area contributed by atoms with Crippen molar-refractivity contribution in [2.45, 2.75) is 20.5 Å². The zero-order chi connectivity index (χ0) is 11.7. The second kappa shape index (κ2) is 4.23. The van der Waals surface area contributed by atoms with E-state index in [1.165, 1.54) is 0 Å². The number of hydrogen-bond donors (Lipinski definition) is 1. The van der Waals surface area contributed by atoms with Gasteiger partial charge in [-0.05, 0) is 31.5 Å². The SMILES string of the molecule is Cc1nn(-c2cc(CO)ccn2)c(C)c1Cl. The van der Waals surface area contributed by atoms with Crippen LogP contribution in [-0.2, 0) is 6.61 Å². The highest BCUT2D eigenvalue weighted by molar-refractivity contribution is 6.31. The minimum Gasteiger partial charge on any atom is -0.392 e. The van der Waals surface area contributed by atoms with E-state index in [-0.39, 0.29) is 6.61 Å². The van der Waals surface area contributed by atoms with Crippen LogP contribution in [0.5, 0.6) is 0 Å². The van der Waals surface area contributed by atoms with Gasteiger partial charge in [0.15, 0.2) is 5.82 Å². The van der Waals surface area contributed by atoms with E-state index in [2.05, 4.69) is 10.1 Å². The summed E-state index contributed by atoms with van der Waals surface area (Å²) in [6.45, 7) is 3.72. The molecule has 5 heteroatoms. The lowest BCUT2D eigenvalue weighted by molar-refractivity contribution is 0.281. The van der Waals surface area contributed by atoms with Gasteiger partial charge in [0.1, 0.15) is 0 Å². The molecule has 0 saturated heterocycles. The quantitative estimate of drug-likeness (QED) is 0.870. The first kappa shape index (κ1) is 11.1. The molecule has 0 spiro atoms. The van der Waals surface area contributed by atoms with Crippen molar-refractivity contribution < 1.29 is 5.11 Å². The van der Waals surface area contributed by atoms with Crippen LogP contribution in [-0.4, -0.2) is 19.9 Å². The molecule has 0 unspecified atom stereocenters. The van der Waals surface area contributed by atoms with Gasteiger partial charge in [0, 0.05) is 6.20 Å². The second-order valence-electron chi connectivity index (χ2n) is 3.58. The molecule has 0 atom stereocenters. The molecule has 0 amide bonds. The molecule has 0 saturated carbocycles. The van der Waals surface area contributed by atoms with Crippen molar-refractivity contribution >= 4 is 11.6 Å². The Morgan fingerprint density at radius 1 is 1.44 bits per heavy atom. The van der Waals surface area contributed by atoms with Crippen LogP contribution < -0.4 is 0 Å². The predicted molar refractivity (Wildman–Crippen MR) is 61.8 cm³/mol. The van der Waals surface area contributed by atoms with Crippen LogP contribution in [0.2, 0.25) is 5.02 Å². The fourth-order valence-electron chi connectivity index (χ4n) is 1.52. The minimum absolute atomic E-state index is 0.0114. The van der Waals surface area contributed by atoms with E-state index in [1.807, 2.05) is 13.8 Å². The third kappa shape index (κ3) is 1.81. The highest BCUT2D eigenvalue weighted by Gasteiger charge is 2.11. The molecule has 2 heterocycles. The van der Waals surface area contributed by atoms with Crippen molar-refractivity contribution in [2.75, 3.05) is 0 Å². The van der Waals surface area contributed by atoms with Gasteiger partial charge < -0.3 is 5.11 Å². The van der Waals surface area contributed by atoms with E-state index in [9.17, 15) is 0 Å². The maximum atomic E-state index is 9.05. The number of pyridine rings is 1. The number of aryl methyl sites for hydroxylation is 1. The molecule has 0 aromatic carbocycles. The second-order valence-corrected chi connectivity index (χ2v) is 3.95. The Kier molecular flexibility index (Phi) is 2.94. The summed E-state index contributed by atoms with van der Waals surface area (Å²) in [5, 5.41) is 14.0. The summed E-state index contributed by atoms with van der Waals surface area (Å²) in [4.78, 5) is 4.20. The van der Waals surface area contributed by atoms with Gasteiger partial charge in [0.2, 0.25) is 0 Å². The highest BCUT2D eigenvalue weighted by Crippen LogP contribution is 2.21. The number of hydrogen-bond acceptors (Lipinski definition) is 3. The summed E-state index contributed by atoms with van der Waals surface area (Å²) in [6, 6.07) is 3.55. The maximum Gasteiger partial charge on any atom is 0.153 e. The summed E-state index contributed by atoms with van der Waals surface area (Å²) in [5.74, 6) is 0.666. The third-order valence-electron chi connectivity index (χ3n) is 2.41. The van der Waals surface area contributed by atoms with Gasteiger partial charge in [-0.15, -0.1) is 0 Å². The minimum atomic E-state index is -0.0114. The van der Waals surface area contributed by atoms with Crippen molar-refractivity contribution in [3.05, 3.63) is 40.3 Å². The third-order valence-corrected chi connectivity index (χ3v) is 2.96. The van der Waals surface area contributed by atoms with E-state index in [0.29, 0.717) is 10.8 Å². The monoisotopic (exact) mass is 237 g/mol. The molecule has 2 rings (SSSR count). The topological polar surface area (TPSA) is 50.9 Å². The lowest BCUT2D eigenvalue weighted by atomic mass is 10.3. The molecule has 2 aromatic heterocycles. The summed E-state index contributed by atoms with van der Waals surface area (Å²) in [6.07, 6.45) is 1.64. The highest BCUT2D eigenvalue weighted by atomic mass is 35.5. The van der Waals surface area contributed by atoms with E-state index in [0.717, 1.165) is 17.0 Å². The Labute approximate surface area is 98.5 Å². The molecule has 4 nitrogen and oxygen atoms in total. The molecule has 0 aliphatic carbocycles. The van der Waals surface area contributed by atoms with Gasteiger partial charge in [0.25, 0.3) is 0 Å². The van der Waals surface area contributed by atoms with Crippen molar-refractivity contribution in [3.63, 3.8) is 0 Å². The Balaban J connectivity index is 2.54. The van der Waals surface area contributed by atoms with Gasteiger partial charge in [-0.2, -0.15) is 5.10 Å². The Hall–Kier alpha value is -1.39. The molecule has 0 aliphatic rings. The van der Waals surface area contributed by atoms with E-state index in [1.54, 1.807) is 23.0 Å². The summed E-state index contributed by atoms with van der Waals surface area (Å²) in [7, 11) is 0. The van der Waals surface area contributed by atoms with E-state index in [4.69, 9.17) is 16.7 Å². The standard InChI is InChI=1S/C11H12ClN3O/c1-7-11(12)8(2)15(14-7)10-5-9(6-16)3-4-13-10/h3-5,16H,6H2,1-2H3. The number of aromatic nitrogens is 3. The first-order valence-corrected chi connectivity index (χ1v) is 5.29. The van der Waals surface area contributed by atoms with Crippen LogP contribution in [0, 0.1) is 13.8 Å². The van der Waals surface area contributed by atoms with Crippen molar-refractivity contribution in [3.8, 4) is 5.82 Å². The van der Waals surface area contributed by atoms with Gasteiger partial charge in [-0.3, -0.25) is 0 Å². The lowest BCUT2D eigenvalue weighted by Gasteiger charge is -2.04. The molecule has 0 bridgehead atoms. The van der Waals surface area contributed by atoms with Crippen LogP contribution in [0.1, 0.15) is 17.0 Å². The molecule has 0 radical (unpaired) electrons. The first-order chi connectivity index (χ1) is 7.63. The predicted octanol–water partition coefficient (Wildman–Crippen LogP) is 2.03. The molecule has 16 heavy (non-hydrogen) atoms. The summed E-state index contributed by atoms with van der Waals surface area (Å²) in [5.41, 5.74) is 2.42. The van der Waals surface area contributed by atoms with Crippen LogP contribution >= 0.6 is 11.6 Å². The number of halogens is 1. The fourth-order valence-corrected chi connectivity index (χ4v) is 1.64. The van der Waals surface area contributed by atoms with Crippen LogP contribution in [0.25, 0.3) is 5.82 Å². The smallest absolute Gasteiger partial charge is 0.153 e. The van der Waals surface area contributed by atoms with Gasteiger partial charge in [-0.1, -0.05) is 11.6 Å². The van der Waals surface area contributed by atoms with Crippen molar-refractivity contribution in [2.24, 2.45) is 0 Å². The molecular formula is C11H12ClN3O. The van der Waals surface area contributed by atoms with Crippen LogP contribution in [0.3, 0.4) is 0 Å². The average Bonchev–Trinajstić information content (AvgIpc) is 2.57. The van der Waals surface area contributed by atoms with E-state index >= 15 is 0 Å². The molecule has 84 valence electrons. The summed E-state index contributed by atoms with van der Waals surface area (Å²) < 4.78 is 1.68. The molecule has 2 aromatic rings. The zero-order valence-electron chi connectivity index (χ0n) is 9.11. The van der Waals surface area contributed by atoms with Crippen LogP contribution in [0.4, 0.5) is 0 Å². The number of nitrogens with zero attached hydrogens (tertiary/aromatic N) is 3. The number of rotatable bonds is 2. The fraction of sp³-hybridized carbons (Fsp3) is 0.273. The lowest BCUT2D eigenvalue weighted by Crippen LogP contribution is -2.02.